The third-order valence-corrected chi connectivity index (χ3v) is 6.54. The number of carbonyl (C=O) groups is 1. The molecule has 3 rings (SSSR count). The summed E-state index contributed by atoms with van der Waals surface area (Å²) in [5.74, 6) is 1.11. The maximum absolute atomic E-state index is 13.1. The molecule has 3 nitrogen and oxygen atoms in total. The molecule has 0 aliphatic carbocycles. The normalized spacial score (nSPS) is 25.9. The molecule has 2 heterocycles. The maximum Gasteiger partial charge on any atom is 0.153 e. The summed E-state index contributed by atoms with van der Waals surface area (Å²) in [6.07, 6.45) is 6.27. The van der Waals surface area contributed by atoms with E-state index in [-0.39, 0.29) is 12.0 Å². The average molecular weight is 383 g/mol. The van der Waals surface area contributed by atoms with Crippen LogP contribution in [0.5, 0.6) is 0 Å². The van der Waals surface area contributed by atoms with E-state index in [0.29, 0.717) is 21.7 Å². The van der Waals surface area contributed by atoms with E-state index in [1.165, 1.54) is 5.56 Å². The summed E-state index contributed by atoms with van der Waals surface area (Å²) in [5.41, 5.74) is 1.20. The number of nitrogens with zero attached hydrogens (tertiary/aromatic N) is 1. The molecule has 0 saturated carbocycles. The Hall–Kier alpha value is -0.610. The molecule has 0 spiro atoms. The zero-order chi connectivity index (χ0) is 17.8. The van der Waals surface area contributed by atoms with E-state index in [1.54, 1.807) is 0 Å². The second-order valence-corrected chi connectivity index (χ2v) is 8.42. The van der Waals surface area contributed by atoms with Crippen molar-refractivity contribution in [2.75, 3.05) is 26.7 Å². The third kappa shape index (κ3) is 4.97. The van der Waals surface area contributed by atoms with Crippen molar-refractivity contribution in [3.63, 3.8) is 0 Å². The Balaban J connectivity index is 1.60. The number of piperidine rings is 2. The first-order valence-electron chi connectivity index (χ1n) is 9.44. The molecule has 1 N–H and O–H groups in total. The molecular formula is C20H28Cl2N2O. The van der Waals surface area contributed by atoms with Crippen molar-refractivity contribution in [3.8, 4) is 0 Å². The summed E-state index contributed by atoms with van der Waals surface area (Å²) in [7, 11) is 2.14. The average Bonchev–Trinajstić information content (AvgIpc) is 2.63. The molecule has 0 amide bonds. The second kappa shape index (κ2) is 8.85. The summed E-state index contributed by atoms with van der Waals surface area (Å²) in [6, 6.07) is 5.89. The molecule has 2 aliphatic rings. The highest BCUT2D eigenvalue weighted by Crippen LogP contribution is 2.29. The molecule has 2 atom stereocenters. The molecule has 2 aliphatic heterocycles. The Morgan fingerprint density at radius 1 is 1.20 bits per heavy atom. The number of benzene rings is 1. The maximum atomic E-state index is 13.1. The molecule has 138 valence electrons. The highest BCUT2D eigenvalue weighted by atomic mass is 35.5. The number of aryl methyl sites for hydroxylation is 1. The first kappa shape index (κ1) is 19.2. The van der Waals surface area contributed by atoms with Crippen LogP contribution >= 0.6 is 23.2 Å². The highest BCUT2D eigenvalue weighted by molar-refractivity contribution is 6.42. The van der Waals surface area contributed by atoms with Gasteiger partial charge in [-0.15, -0.1) is 0 Å². The Bertz CT molecular complexity index is 599. The minimum absolute atomic E-state index is 0.0323. The number of halogens is 2. The number of hydrogen-bond donors (Lipinski definition) is 1. The van der Waals surface area contributed by atoms with Crippen LogP contribution in [0.3, 0.4) is 0 Å². The van der Waals surface area contributed by atoms with Crippen LogP contribution in [0, 0.1) is 11.8 Å². The highest BCUT2D eigenvalue weighted by Gasteiger charge is 2.35. The first-order chi connectivity index (χ1) is 12.0. The van der Waals surface area contributed by atoms with Crippen molar-refractivity contribution in [1.82, 2.24) is 10.2 Å². The topological polar surface area (TPSA) is 32.3 Å². The van der Waals surface area contributed by atoms with E-state index in [9.17, 15) is 4.79 Å². The van der Waals surface area contributed by atoms with Crippen LogP contribution in [0.25, 0.3) is 0 Å². The molecule has 25 heavy (non-hydrogen) atoms. The van der Waals surface area contributed by atoms with Crippen molar-refractivity contribution < 1.29 is 4.79 Å². The van der Waals surface area contributed by atoms with Crippen molar-refractivity contribution >= 4 is 29.0 Å². The number of rotatable bonds is 5. The number of hydrogen-bond acceptors (Lipinski definition) is 3. The van der Waals surface area contributed by atoms with Crippen LogP contribution < -0.4 is 5.32 Å². The van der Waals surface area contributed by atoms with Gasteiger partial charge in [0.25, 0.3) is 0 Å². The summed E-state index contributed by atoms with van der Waals surface area (Å²) in [5, 5.41) is 4.73. The van der Waals surface area contributed by atoms with Crippen LogP contribution in [-0.4, -0.2) is 43.4 Å². The third-order valence-electron chi connectivity index (χ3n) is 5.80. The summed E-state index contributed by atoms with van der Waals surface area (Å²) < 4.78 is 0. The zero-order valence-electron chi connectivity index (χ0n) is 14.9. The van der Waals surface area contributed by atoms with E-state index in [1.807, 2.05) is 18.2 Å². The zero-order valence-corrected chi connectivity index (χ0v) is 16.5. The van der Waals surface area contributed by atoms with Gasteiger partial charge in [0.2, 0.25) is 0 Å². The lowest BCUT2D eigenvalue weighted by Gasteiger charge is -2.36. The molecule has 2 unspecified atom stereocenters. The molecule has 2 saturated heterocycles. The van der Waals surface area contributed by atoms with Crippen LogP contribution in [0.4, 0.5) is 0 Å². The van der Waals surface area contributed by atoms with E-state index < -0.39 is 0 Å². The molecule has 0 radical (unpaired) electrons. The minimum Gasteiger partial charge on any atom is -0.307 e. The Morgan fingerprint density at radius 3 is 2.68 bits per heavy atom. The van der Waals surface area contributed by atoms with Crippen LogP contribution in [-0.2, 0) is 11.2 Å². The smallest absolute Gasteiger partial charge is 0.153 e. The molecule has 0 aromatic heterocycles. The summed E-state index contributed by atoms with van der Waals surface area (Å²) in [4.78, 5) is 15.4. The van der Waals surface area contributed by atoms with Crippen molar-refractivity contribution in [1.29, 1.82) is 0 Å². The fourth-order valence-corrected chi connectivity index (χ4v) is 4.51. The van der Waals surface area contributed by atoms with E-state index >= 15 is 0 Å². The van der Waals surface area contributed by atoms with Gasteiger partial charge in [0.05, 0.1) is 16.1 Å². The SMILES string of the molecule is CN1CCC(C(=O)C2NCCCC2CCc2ccc(Cl)c(Cl)c2)CC1. The predicted molar refractivity (Wildman–Crippen MR) is 105 cm³/mol. The predicted octanol–water partition coefficient (Wildman–Crippen LogP) is 4.21. The van der Waals surface area contributed by atoms with Gasteiger partial charge in [-0.1, -0.05) is 29.3 Å². The fourth-order valence-electron chi connectivity index (χ4n) is 4.19. The Kier molecular flexibility index (Phi) is 6.79. The molecule has 5 heteroatoms. The van der Waals surface area contributed by atoms with Crippen molar-refractivity contribution in [3.05, 3.63) is 33.8 Å². The number of likely N-dealkylation sites (tertiary alicyclic amines) is 1. The number of Topliss-reactive ketones (excluding diaryl/α,β-unsaturated/α-hetero) is 1. The van der Waals surface area contributed by atoms with Gasteiger partial charge in [-0.2, -0.15) is 0 Å². The molecule has 0 bridgehead atoms. The number of nitrogens with one attached hydrogen (secondary N) is 1. The lowest BCUT2D eigenvalue weighted by Crippen LogP contribution is -2.50. The molecule has 2 fully saturated rings. The van der Waals surface area contributed by atoms with Crippen molar-refractivity contribution in [2.45, 2.75) is 44.6 Å². The van der Waals surface area contributed by atoms with E-state index in [0.717, 1.165) is 58.2 Å². The quantitative estimate of drug-likeness (QED) is 0.827. The molecular weight excluding hydrogens is 355 g/mol. The number of carbonyl (C=O) groups excluding carboxylic acids is 1. The summed E-state index contributed by atoms with van der Waals surface area (Å²) in [6.45, 7) is 3.04. The summed E-state index contributed by atoms with van der Waals surface area (Å²) >= 11 is 12.1. The van der Waals surface area contributed by atoms with Gasteiger partial charge in [0.1, 0.15) is 0 Å². The van der Waals surface area contributed by atoms with Crippen LogP contribution in [0.15, 0.2) is 18.2 Å². The van der Waals surface area contributed by atoms with Gasteiger partial charge in [0.15, 0.2) is 5.78 Å². The first-order valence-corrected chi connectivity index (χ1v) is 10.2. The lowest BCUT2D eigenvalue weighted by molar-refractivity contribution is -0.128. The van der Waals surface area contributed by atoms with Gasteiger partial charge in [0, 0.05) is 5.92 Å². The number of ketones is 1. The van der Waals surface area contributed by atoms with Gasteiger partial charge >= 0.3 is 0 Å². The fraction of sp³-hybridized carbons (Fsp3) is 0.650. The van der Waals surface area contributed by atoms with Gasteiger partial charge < -0.3 is 10.2 Å². The van der Waals surface area contributed by atoms with E-state index in [2.05, 4.69) is 17.3 Å². The van der Waals surface area contributed by atoms with Gasteiger partial charge in [-0.05, 0) is 88.8 Å². The standard InChI is InChI=1S/C20H28Cl2N2O/c1-24-11-8-16(9-12-24)20(25)19-15(3-2-10-23-19)6-4-14-5-7-17(21)18(22)13-14/h5,7,13,15-16,19,23H,2-4,6,8-12H2,1H3. The minimum atomic E-state index is 0.0323. The second-order valence-electron chi connectivity index (χ2n) is 7.60. The molecule has 1 aromatic rings. The molecule has 1 aromatic carbocycles. The van der Waals surface area contributed by atoms with Crippen LogP contribution in [0.1, 0.15) is 37.7 Å². The van der Waals surface area contributed by atoms with E-state index in [4.69, 9.17) is 23.2 Å². The Morgan fingerprint density at radius 2 is 1.96 bits per heavy atom. The van der Waals surface area contributed by atoms with Crippen LogP contribution in [0.2, 0.25) is 10.0 Å². The largest absolute Gasteiger partial charge is 0.307 e. The van der Waals surface area contributed by atoms with Crippen molar-refractivity contribution in [2.24, 2.45) is 11.8 Å². The van der Waals surface area contributed by atoms with Gasteiger partial charge in [-0.25, -0.2) is 0 Å². The lowest BCUT2D eigenvalue weighted by atomic mass is 9.78. The van der Waals surface area contributed by atoms with Gasteiger partial charge in [-0.3, -0.25) is 4.79 Å². The monoisotopic (exact) mass is 382 g/mol. The Labute approximate surface area is 161 Å².